The minimum Gasteiger partial charge on any atom is -0.223 e. The van der Waals surface area contributed by atoms with Crippen molar-refractivity contribution in [2.45, 2.75) is 6.10 Å². The molecule has 0 saturated heterocycles. The number of rotatable bonds is 0. The lowest BCUT2D eigenvalue weighted by Gasteiger charge is -2.03. The summed E-state index contributed by atoms with van der Waals surface area (Å²) >= 11 is 0. The Morgan fingerprint density at radius 2 is 2.25 bits per heavy atom. The molecule has 1 aliphatic rings. The van der Waals surface area contributed by atoms with E-state index in [2.05, 4.69) is 6.58 Å². The van der Waals surface area contributed by atoms with Crippen LogP contribution in [0.5, 0.6) is 0 Å². The van der Waals surface area contributed by atoms with E-state index < -0.39 is 6.10 Å². The van der Waals surface area contributed by atoms with Crippen molar-refractivity contribution in [2.75, 3.05) is 0 Å². The van der Waals surface area contributed by atoms with Crippen molar-refractivity contribution >= 4 is 0 Å². The van der Waals surface area contributed by atoms with E-state index in [0.717, 1.165) is 0 Å². The summed E-state index contributed by atoms with van der Waals surface area (Å²) in [6.07, 6.45) is 6.17. The summed E-state index contributed by atoms with van der Waals surface area (Å²) in [5.41, 5.74) is 0.646. The van der Waals surface area contributed by atoms with Crippen LogP contribution >= 0.6 is 0 Å². The third kappa shape index (κ3) is 0.873. The molecule has 1 rings (SSSR count). The van der Waals surface area contributed by atoms with Crippen molar-refractivity contribution in [2.24, 2.45) is 0 Å². The van der Waals surface area contributed by atoms with E-state index >= 15 is 0 Å². The first-order valence-electron chi connectivity index (χ1n) is 2.50. The predicted octanol–water partition coefficient (Wildman–Crippen LogP) is 1.47. The minimum atomic E-state index is -0.708. The van der Waals surface area contributed by atoms with Gasteiger partial charge in [0.15, 0.2) is 0 Å². The first-order chi connectivity index (χ1) is 3.80. The van der Waals surface area contributed by atoms with Crippen LogP contribution in [0, 0.1) is 0 Å². The zero-order valence-electron chi connectivity index (χ0n) is 4.50. The SMILES string of the molecule is C=C1C=CC=CC1[O]. The Morgan fingerprint density at radius 1 is 1.50 bits per heavy atom. The third-order valence-electron chi connectivity index (χ3n) is 1.07. The normalized spacial score (nSPS) is 26.6. The standard InChI is InChI=1S/C7H7O/c1-6-4-2-3-5-7(6)8/h2-5,7H,1H2. The fourth-order valence-corrected chi connectivity index (χ4v) is 0.563. The van der Waals surface area contributed by atoms with Gasteiger partial charge in [0.2, 0.25) is 0 Å². The van der Waals surface area contributed by atoms with Gasteiger partial charge >= 0.3 is 0 Å². The van der Waals surface area contributed by atoms with Crippen LogP contribution in [0.3, 0.4) is 0 Å². The number of hydrogen-bond acceptors (Lipinski definition) is 0. The summed E-state index contributed by atoms with van der Waals surface area (Å²) < 4.78 is 0. The van der Waals surface area contributed by atoms with Crippen LogP contribution in [0.4, 0.5) is 0 Å². The second-order valence-electron chi connectivity index (χ2n) is 1.74. The molecule has 1 atom stereocenters. The summed E-state index contributed by atoms with van der Waals surface area (Å²) in [6.45, 7) is 3.54. The van der Waals surface area contributed by atoms with E-state index in [1.165, 1.54) is 0 Å². The lowest BCUT2D eigenvalue weighted by Crippen LogP contribution is -2.02. The summed E-state index contributed by atoms with van der Waals surface area (Å²) in [7, 11) is 0. The highest BCUT2D eigenvalue weighted by Gasteiger charge is 2.03. The quantitative estimate of drug-likeness (QED) is 0.446. The Labute approximate surface area is 48.6 Å². The van der Waals surface area contributed by atoms with E-state index in [-0.39, 0.29) is 0 Å². The molecular weight excluding hydrogens is 100 g/mol. The van der Waals surface area contributed by atoms with Gasteiger partial charge in [0, 0.05) is 0 Å². The van der Waals surface area contributed by atoms with Crippen molar-refractivity contribution in [1.82, 2.24) is 0 Å². The molecule has 0 aromatic carbocycles. The predicted molar refractivity (Wildman–Crippen MR) is 31.9 cm³/mol. The lowest BCUT2D eigenvalue weighted by molar-refractivity contribution is 0.162. The van der Waals surface area contributed by atoms with Gasteiger partial charge in [-0.25, -0.2) is 5.11 Å². The summed E-state index contributed by atoms with van der Waals surface area (Å²) in [6, 6.07) is 0. The zero-order chi connectivity index (χ0) is 5.98. The summed E-state index contributed by atoms with van der Waals surface area (Å²) in [4.78, 5) is 0. The van der Waals surface area contributed by atoms with Crippen LogP contribution in [-0.4, -0.2) is 6.10 Å². The molecule has 0 aromatic heterocycles. The highest BCUT2D eigenvalue weighted by molar-refractivity contribution is 5.31. The third-order valence-corrected chi connectivity index (χ3v) is 1.07. The van der Waals surface area contributed by atoms with E-state index in [1.807, 2.05) is 6.08 Å². The number of allylic oxidation sites excluding steroid dienone is 2. The molecule has 0 N–H and O–H groups in total. The molecule has 0 aliphatic heterocycles. The largest absolute Gasteiger partial charge is 0.223 e. The molecule has 0 aromatic rings. The van der Waals surface area contributed by atoms with Crippen LogP contribution in [0.15, 0.2) is 36.5 Å². The topological polar surface area (TPSA) is 19.9 Å². The van der Waals surface area contributed by atoms with Gasteiger partial charge in [-0.05, 0) is 11.6 Å². The summed E-state index contributed by atoms with van der Waals surface area (Å²) in [5, 5.41) is 10.6. The molecule has 0 bridgehead atoms. The molecule has 0 heterocycles. The van der Waals surface area contributed by atoms with E-state index in [0.29, 0.717) is 5.57 Å². The van der Waals surface area contributed by atoms with Gasteiger partial charge in [0.25, 0.3) is 0 Å². The van der Waals surface area contributed by atoms with Crippen LogP contribution in [-0.2, 0) is 5.11 Å². The van der Waals surface area contributed by atoms with Crippen molar-refractivity contribution in [3.63, 3.8) is 0 Å². The van der Waals surface area contributed by atoms with Crippen LogP contribution < -0.4 is 0 Å². The minimum absolute atomic E-state index is 0.646. The number of hydrogen-bond donors (Lipinski definition) is 0. The zero-order valence-corrected chi connectivity index (χ0v) is 4.50. The molecule has 1 heteroatoms. The van der Waals surface area contributed by atoms with Gasteiger partial charge in [-0.2, -0.15) is 0 Å². The maximum Gasteiger partial charge on any atom is 0.136 e. The van der Waals surface area contributed by atoms with Crippen molar-refractivity contribution in [3.8, 4) is 0 Å². The molecule has 0 spiro atoms. The van der Waals surface area contributed by atoms with Crippen molar-refractivity contribution in [3.05, 3.63) is 36.5 Å². The fourth-order valence-electron chi connectivity index (χ4n) is 0.563. The second-order valence-corrected chi connectivity index (χ2v) is 1.74. The molecular formula is C7H7O. The first kappa shape index (κ1) is 5.32. The van der Waals surface area contributed by atoms with Gasteiger partial charge in [0.05, 0.1) is 0 Å². The van der Waals surface area contributed by atoms with Crippen molar-refractivity contribution < 1.29 is 5.11 Å². The van der Waals surface area contributed by atoms with Crippen LogP contribution in [0.25, 0.3) is 0 Å². The van der Waals surface area contributed by atoms with Gasteiger partial charge in [-0.15, -0.1) is 0 Å². The highest BCUT2D eigenvalue weighted by Crippen LogP contribution is 2.07. The average molecular weight is 107 g/mol. The molecule has 0 fully saturated rings. The Bertz CT molecular complexity index is 154. The molecule has 1 radical (unpaired) electrons. The highest BCUT2D eigenvalue weighted by atomic mass is 16.3. The van der Waals surface area contributed by atoms with Crippen LogP contribution in [0.1, 0.15) is 0 Å². The molecule has 0 saturated carbocycles. The van der Waals surface area contributed by atoms with E-state index in [1.54, 1.807) is 18.2 Å². The maximum atomic E-state index is 10.6. The lowest BCUT2D eigenvalue weighted by atomic mass is 10.1. The van der Waals surface area contributed by atoms with E-state index in [9.17, 15) is 5.11 Å². The molecule has 0 amide bonds. The monoisotopic (exact) mass is 107 g/mol. The average Bonchev–Trinajstić information content (AvgIpc) is 1.77. The Hall–Kier alpha value is -0.820. The van der Waals surface area contributed by atoms with E-state index in [4.69, 9.17) is 0 Å². The Kier molecular flexibility index (Phi) is 1.31. The molecule has 1 aliphatic carbocycles. The summed E-state index contributed by atoms with van der Waals surface area (Å²) in [5.74, 6) is 0. The molecule has 8 heavy (non-hydrogen) atoms. The van der Waals surface area contributed by atoms with Crippen LogP contribution in [0.2, 0.25) is 0 Å². The maximum absolute atomic E-state index is 10.6. The molecule has 1 nitrogen and oxygen atoms in total. The Balaban J connectivity index is 2.74. The fraction of sp³-hybridized carbons (Fsp3) is 0.143. The van der Waals surface area contributed by atoms with Gasteiger partial charge < -0.3 is 0 Å². The smallest absolute Gasteiger partial charge is 0.136 e. The second kappa shape index (κ2) is 1.97. The van der Waals surface area contributed by atoms with Gasteiger partial charge in [-0.3, -0.25) is 0 Å². The van der Waals surface area contributed by atoms with Gasteiger partial charge in [0.1, 0.15) is 6.10 Å². The molecule has 41 valence electrons. The first-order valence-corrected chi connectivity index (χ1v) is 2.50. The Morgan fingerprint density at radius 3 is 2.62 bits per heavy atom. The molecule has 1 unspecified atom stereocenters. The van der Waals surface area contributed by atoms with Crippen molar-refractivity contribution in [1.29, 1.82) is 0 Å². The van der Waals surface area contributed by atoms with Gasteiger partial charge in [-0.1, -0.05) is 24.8 Å².